The maximum atomic E-state index is 6.35. The van der Waals surface area contributed by atoms with E-state index in [0.29, 0.717) is 0 Å². The highest BCUT2D eigenvalue weighted by molar-refractivity contribution is 5.99. The number of rotatable bonds is 4. The molecule has 0 fully saturated rings. The number of benzene rings is 4. The van der Waals surface area contributed by atoms with E-state index in [0.717, 1.165) is 33.6 Å². The van der Waals surface area contributed by atoms with Crippen molar-refractivity contribution < 1.29 is 4.42 Å². The first-order chi connectivity index (χ1) is 14.9. The molecule has 1 aromatic heterocycles. The molecular weight excluding hydrogens is 364 g/mol. The number of hydrogen-bond donors (Lipinski definition) is 0. The summed E-state index contributed by atoms with van der Waals surface area (Å²) in [7, 11) is 0. The van der Waals surface area contributed by atoms with Crippen molar-refractivity contribution in [3.8, 4) is 44.7 Å². The standard InChI is InChI=1S/C29H21O/c1-5-13-22(14-6-1)26-21-30-29(25-19-11-4-12-20-25)28(24-17-9-3-10-18-24)27(26)23-15-7-2-8-16-23/h1-21H/q+1. The van der Waals surface area contributed by atoms with Crippen LogP contribution >= 0.6 is 0 Å². The van der Waals surface area contributed by atoms with Gasteiger partial charge in [0.1, 0.15) is 0 Å². The van der Waals surface area contributed by atoms with Crippen LogP contribution in [0.25, 0.3) is 44.7 Å². The van der Waals surface area contributed by atoms with E-state index in [4.69, 9.17) is 4.42 Å². The maximum absolute atomic E-state index is 6.35. The highest BCUT2D eigenvalue weighted by Crippen LogP contribution is 2.45. The van der Waals surface area contributed by atoms with Gasteiger partial charge in [-0.25, -0.2) is 4.42 Å². The molecule has 0 aliphatic heterocycles. The van der Waals surface area contributed by atoms with Crippen molar-refractivity contribution in [2.75, 3.05) is 0 Å². The molecule has 1 heterocycles. The van der Waals surface area contributed by atoms with E-state index in [-0.39, 0.29) is 0 Å². The van der Waals surface area contributed by atoms with Crippen molar-refractivity contribution >= 4 is 0 Å². The monoisotopic (exact) mass is 385 g/mol. The average molecular weight is 385 g/mol. The first-order valence-corrected chi connectivity index (χ1v) is 10.1. The van der Waals surface area contributed by atoms with Gasteiger partial charge in [0.05, 0.1) is 16.7 Å². The summed E-state index contributed by atoms with van der Waals surface area (Å²) in [5.74, 6) is 0.875. The predicted octanol–water partition coefficient (Wildman–Crippen LogP) is 8.23. The van der Waals surface area contributed by atoms with Crippen LogP contribution in [0.15, 0.2) is 132 Å². The zero-order valence-electron chi connectivity index (χ0n) is 16.5. The van der Waals surface area contributed by atoms with Crippen LogP contribution in [-0.4, -0.2) is 0 Å². The molecule has 0 spiro atoms. The molecule has 4 aromatic carbocycles. The fourth-order valence-electron chi connectivity index (χ4n) is 3.90. The summed E-state index contributed by atoms with van der Waals surface area (Å²) in [5, 5.41) is 0. The SMILES string of the molecule is c1ccc(-c2c[o+]c(-c3ccccc3)c(-c3ccccc3)c2-c2ccccc2)cc1. The molecule has 0 saturated heterocycles. The predicted molar refractivity (Wildman–Crippen MR) is 125 cm³/mol. The zero-order chi connectivity index (χ0) is 20.2. The van der Waals surface area contributed by atoms with Crippen LogP contribution in [0, 0.1) is 0 Å². The Hall–Kier alpha value is -3.97. The quantitative estimate of drug-likeness (QED) is 0.284. The summed E-state index contributed by atoms with van der Waals surface area (Å²) in [4.78, 5) is 0. The zero-order valence-corrected chi connectivity index (χ0v) is 16.5. The fourth-order valence-corrected chi connectivity index (χ4v) is 3.90. The Labute approximate surface area is 176 Å². The molecule has 30 heavy (non-hydrogen) atoms. The Bertz CT molecular complexity index is 1140. The van der Waals surface area contributed by atoms with Gasteiger partial charge < -0.3 is 0 Å². The smallest absolute Gasteiger partial charge is 0.214 e. The van der Waals surface area contributed by atoms with Crippen LogP contribution in [0.1, 0.15) is 0 Å². The molecule has 1 heteroatoms. The van der Waals surface area contributed by atoms with Gasteiger partial charge in [0, 0.05) is 5.56 Å². The maximum Gasteiger partial charge on any atom is 0.368 e. The second-order valence-electron chi connectivity index (χ2n) is 7.19. The third-order valence-corrected chi connectivity index (χ3v) is 5.29. The molecule has 0 aliphatic rings. The molecule has 0 saturated carbocycles. The molecule has 0 atom stereocenters. The lowest BCUT2D eigenvalue weighted by Gasteiger charge is -2.13. The normalized spacial score (nSPS) is 10.7. The van der Waals surface area contributed by atoms with Crippen molar-refractivity contribution in [1.82, 2.24) is 0 Å². The summed E-state index contributed by atoms with van der Waals surface area (Å²) in [5.41, 5.74) is 7.87. The van der Waals surface area contributed by atoms with Gasteiger partial charge in [-0.05, 0) is 28.8 Å². The van der Waals surface area contributed by atoms with Crippen LogP contribution in [0.3, 0.4) is 0 Å². The van der Waals surface area contributed by atoms with E-state index in [1.54, 1.807) is 0 Å². The van der Waals surface area contributed by atoms with Gasteiger partial charge in [0.25, 0.3) is 0 Å². The van der Waals surface area contributed by atoms with Crippen molar-refractivity contribution in [3.05, 3.63) is 128 Å². The Kier molecular flexibility index (Phi) is 4.93. The van der Waals surface area contributed by atoms with E-state index >= 15 is 0 Å². The van der Waals surface area contributed by atoms with Crippen LogP contribution < -0.4 is 0 Å². The topological polar surface area (TPSA) is 11.3 Å². The number of hydrogen-bond acceptors (Lipinski definition) is 0. The van der Waals surface area contributed by atoms with Crippen LogP contribution in [-0.2, 0) is 0 Å². The molecule has 0 bridgehead atoms. The van der Waals surface area contributed by atoms with Crippen LogP contribution in [0.2, 0.25) is 0 Å². The van der Waals surface area contributed by atoms with E-state index in [1.807, 2.05) is 36.6 Å². The minimum absolute atomic E-state index is 0.875. The molecule has 0 unspecified atom stereocenters. The highest BCUT2D eigenvalue weighted by atomic mass is 16.3. The minimum atomic E-state index is 0.875. The molecule has 1 nitrogen and oxygen atoms in total. The second-order valence-corrected chi connectivity index (χ2v) is 7.19. The van der Waals surface area contributed by atoms with Crippen LogP contribution in [0.5, 0.6) is 0 Å². The Balaban J connectivity index is 1.91. The first-order valence-electron chi connectivity index (χ1n) is 10.1. The Morgan fingerprint density at radius 2 is 0.767 bits per heavy atom. The first kappa shape index (κ1) is 18.1. The van der Waals surface area contributed by atoms with E-state index < -0.39 is 0 Å². The van der Waals surface area contributed by atoms with Gasteiger partial charge in [-0.15, -0.1) is 0 Å². The lowest BCUT2D eigenvalue weighted by molar-refractivity contribution is 0.570. The van der Waals surface area contributed by atoms with E-state index in [9.17, 15) is 0 Å². The third-order valence-electron chi connectivity index (χ3n) is 5.29. The largest absolute Gasteiger partial charge is 0.368 e. The Morgan fingerprint density at radius 3 is 1.27 bits per heavy atom. The second kappa shape index (κ2) is 8.18. The highest BCUT2D eigenvalue weighted by Gasteiger charge is 2.28. The minimum Gasteiger partial charge on any atom is -0.214 e. The van der Waals surface area contributed by atoms with Crippen molar-refractivity contribution in [2.45, 2.75) is 0 Å². The molecule has 0 amide bonds. The summed E-state index contributed by atoms with van der Waals surface area (Å²) >= 11 is 0. The summed E-state index contributed by atoms with van der Waals surface area (Å²) in [6, 6.07) is 41.8. The molecule has 0 aliphatic carbocycles. The van der Waals surface area contributed by atoms with Gasteiger partial charge in [-0.3, -0.25) is 0 Å². The summed E-state index contributed by atoms with van der Waals surface area (Å²) < 4.78 is 6.35. The molecule has 142 valence electrons. The molecule has 5 aromatic rings. The molecule has 5 rings (SSSR count). The van der Waals surface area contributed by atoms with Crippen molar-refractivity contribution in [2.24, 2.45) is 0 Å². The van der Waals surface area contributed by atoms with Gasteiger partial charge in [-0.2, -0.15) is 0 Å². The van der Waals surface area contributed by atoms with Gasteiger partial charge in [-0.1, -0.05) is 109 Å². The molecular formula is C29H21O+. The lowest BCUT2D eigenvalue weighted by atomic mass is 9.87. The van der Waals surface area contributed by atoms with E-state index in [2.05, 4.69) is 91.0 Å². The molecule has 0 radical (unpaired) electrons. The Morgan fingerprint density at radius 1 is 0.367 bits per heavy atom. The van der Waals surface area contributed by atoms with Gasteiger partial charge >= 0.3 is 12.0 Å². The lowest BCUT2D eigenvalue weighted by Crippen LogP contribution is -1.94. The summed E-state index contributed by atoms with van der Waals surface area (Å²) in [6.07, 6.45) is 1.90. The van der Waals surface area contributed by atoms with Crippen molar-refractivity contribution in [1.29, 1.82) is 0 Å². The van der Waals surface area contributed by atoms with E-state index in [1.165, 1.54) is 11.1 Å². The molecule has 0 N–H and O–H groups in total. The van der Waals surface area contributed by atoms with Gasteiger partial charge in [0.15, 0.2) is 0 Å². The fraction of sp³-hybridized carbons (Fsp3) is 0. The third kappa shape index (κ3) is 3.42. The average Bonchev–Trinajstić information content (AvgIpc) is 2.85. The van der Waals surface area contributed by atoms with Crippen LogP contribution in [0.4, 0.5) is 0 Å². The van der Waals surface area contributed by atoms with Crippen molar-refractivity contribution in [3.63, 3.8) is 0 Å². The van der Waals surface area contributed by atoms with Gasteiger partial charge in [0.2, 0.25) is 0 Å². The summed E-state index contributed by atoms with van der Waals surface area (Å²) in [6.45, 7) is 0.